The van der Waals surface area contributed by atoms with Gasteiger partial charge in [-0.05, 0) is 59.5 Å². The minimum atomic E-state index is -0.339. The van der Waals surface area contributed by atoms with Gasteiger partial charge in [-0.25, -0.2) is 0 Å². The van der Waals surface area contributed by atoms with Crippen molar-refractivity contribution in [2.24, 2.45) is 0 Å². The predicted octanol–water partition coefficient (Wildman–Crippen LogP) is 4.96. The number of hydrogen-bond acceptors (Lipinski definition) is 4. The smallest absolute Gasteiger partial charge is 0.289 e. The summed E-state index contributed by atoms with van der Waals surface area (Å²) in [6, 6.07) is 14.0. The molecule has 0 bridgehead atoms. The van der Waals surface area contributed by atoms with Crippen molar-refractivity contribution in [3.63, 3.8) is 0 Å². The fraction of sp³-hybridized carbons (Fsp3) is 0.300. The van der Waals surface area contributed by atoms with Crippen LogP contribution in [0, 0.1) is 6.92 Å². The molecule has 0 unspecified atom stereocenters. The molecule has 2 aromatic carbocycles. The van der Waals surface area contributed by atoms with E-state index in [-0.39, 0.29) is 16.4 Å². The molecule has 0 aliphatic carbocycles. The molecule has 1 aliphatic rings. The lowest BCUT2D eigenvalue weighted by Gasteiger charge is -2.12. The van der Waals surface area contributed by atoms with Crippen LogP contribution in [0.1, 0.15) is 23.6 Å². The van der Waals surface area contributed by atoms with Crippen LogP contribution in [-0.2, 0) is 17.8 Å². The highest BCUT2D eigenvalue weighted by atomic mass is 79.9. The number of nitrogens with zero attached hydrogens (tertiary/aromatic N) is 1. The molecular formula is C20H20BrNO3S. The molecule has 26 heavy (non-hydrogen) atoms. The maximum absolute atomic E-state index is 12.2. The third kappa shape index (κ3) is 4.30. The quantitative estimate of drug-likeness (QED) is 0.645. The Labute approximate surface area is 166 Å². The first kappa shape index (κ1) is 19.0. The van der Waals surface area contributed by atoms with E-state index in [1.807, 2.05) is 25.1 Å². The predicted molar refractivity (Wildman–Crippen MR) is 108 cm³/mol. The molecule has 0 saturated carbocycles. The van der Waals surface area contributed by atoms with Gasteiger partial charge in [-0.1, -0.05) is 47.7 Å². The molecule has 1 aliphatic heterocycles. The van der Waals surface area contributed by atoms with Crippen molar-refractivity contribution < 1.29 is 14.3 Å². The van der Waals surface area contributed by atoms with Gasteiger partial charge in [0.25, 0.3) is 5.24 Å². The second-order valence-electron chi connectivity index (χ2n) is 6.20. The molecule has 1 heterocycles. The Bertz CT molecular complexity index is 822. The van der Waals surface area contributed by atoms with Crippen molar-refractivity contribution in [2.45, 2.75) is 32.1 Å². The van der Waals surface area contributed by atoms with Gasteiger partial charge in [0.1, 0.15) is 12.4 Å². The number of amides is 2. The minimum absolute atomic E-state index is 0.0988. The lowest BCUT2D eigenvalue weighted by Crippen LogP contribution is -2.31. The highest BCUT2D eigenvalue weighted by Gasteiger charge is 2.38. The van der Waals surface area contributed by atoms with Crippen molar-refractivity contribution >= 4 is 38.8 Å². The van der Waals surface area contributed by atoms with Gasteiger partial charge in [0, 0.05) is 6.54 Å². The van der Waals surface area contributed by atoms with Gasteiger partial charge in [0.15, 0.2) is 0 Å². The van der Waals surface area contributed by atoms with E-state index in [1.165, 1.54) is 10.5 Å². The van der Waals surface area contributed by atoms with Gasteiger partial charge in [0.2, 0.25) is 5.91 Å². The second kappa shape index (κ2) is 8.27. The molecule has 1 atom stereocenters. The van der Waals surface area contributed by atoms with Gasteiger partial charge in [-0.2, -0.15) is 0 Å². The van der Waals surface area contributed by atoms with Crippen molar-refractivity contribution in [1.82, 2.24) is 4.90 Å². The van der Waals surface area contributed by atoms with E-state index >= 15 is 0 Å². The van der Waals surface area contributed by atoms with Crippen LogP contribution in [0.5, 0.6) is 5.75 Å². The molecule has 0 radical (unpaired) electrons. The number of halogens is 1. The zero-order valence-electron chi connectivity index (χ0n) is 14.7. The second-order valence-corrected chi connectivity index (χ2v) is 8.21. The van der Waals surface area contributed by atoms with Crippen LogP contribution in [0.2, 0.25) is 0 Å². The highest BCUT2D eigenvalue weighted by molar-refractivity contribution is 9.10. The summed E-state index contributed by atoms with van der Waals surface area (Å²) >= 11 is 4.65. The van der Waals surface area contributed by atoms with Crippen LogP contribution in [0.25, 0.3) is 0 Å². The van der Waals surface area contributed by atoms with Crippen LogP contribution < -0.4 is 4.74 Å². The Morgan fingerprint density at radius 3 is 2.42 bits per heavy atom. The molecular weight excluding hydrogens is 414 g/mol. The van der Waals surface area contributed by atoms with Crippen molar-refractivity contribution in [3.05, 3.63) is 63.6 Å². The maximum atomic E-state index is 12.2. The summed E-state index contributed by atoms with van der Waals surface area (Å²) in [7, 11) is 0. The monoisotopic (exact) mass is 433 g/mol. The lowest BCUT2D eigenvalue weighted by atomic mass is 10.1. The molecule has 0 N–H and O–H groups in total. The van der Waals surface area contributed by atoms with Crippen LogP contribution >= 0.6 is 27.7 Å². The van der Waals surface area contributed by atoms with Gasteiger partial charge >= 0.3 is 0 Å². The molecule has 136 valence electrons. The van der Waals surface area contributed by atoms with E-state index in [2.05, 4.69) is 47.1 Å². The Morgan fingerprint density at radius 2 is 1.81 bits per heavy atom. The number of benzene rings is 2. The number of thioether (sulfide) groups is 1. The van der Waals surface area contributed by atoms with Crippen molar-refractivity contribution in [3.8, 4) is 5.75 Å². The number of rotatable bonds is 6. The van der Waals surface area contributed by atoms with Crippen LogP contribution in [0.15, 0.2) is 46.9 Å². The SMILES string of the molecule is CCN1C(=O)S[C@H](Cc2ccc(OCc3ccc(C)cc3)c(Br)c2)C1=O. The largest absolute Gasteiger partial charge is 0.488 e. The number of imide groups is 1. The summed E-state index contributed by atoms with van der Waals surface area (Å²) in [5, 5.41) is -0.492. The number of carbonyl (C=O) groups is 2. The molecule has 4 nitrogen and oxygen atoms in total. The van der Waals surface area contributed by atoms with Gasteiger partial charge in [-0.3, -0.25) is 14.5 Å². The highest BCUT2D eigenvalue weighted by Crippen LogP contribution is 2.32. The molecule has 0 aromatic heterocycles. The summed E-state index contributed by atoms with van der Waals surface area (Å²) in [5.41, 5.74) is 3.33. The molecule has 6 heteroatoms. The van der Waals surface area contributed by atoms with E-state index in [1.54, 1.807) is 0 Å². The molecule has 1 fully saturated rings. The van der Waals surface area contributed by atoms with E-state index in [0.717, 1.165) is 33.1 Å². The summed E-state index contributed by atoms with van der Waals surface area (Å²) in [4.78, 5) is 25.4. The lowest BCUT2D eigenvalue weighted by molar-refractivity contribution is -0.126. The maximum Gasteiger partial charge on any atom is 0.289 e. The van der Waals surface area contributed by atoms with Gasteiger partial charge in [-0.15, -0.1) is 0 Å². The van der Waals surface area contributed by atoms with Crippen molar-refractivity contribution in [1.29, 1.82) is 0 Å². The Morgan fingerprint density at radius 1 is 1.12 bits per heavy atom. The summed E-state index contributed by atoms with van der Waals surface area (Å²) in [6.45, 7) is 4.79. The first-order valence-electron chi connectivity index (χ1n) is 8.46. The molecule has 3 rings (SSSR count). The number of ether oxygens (including phenoxy) is 1. The average Bonchev–Trinajstić information content (AvgIpc) is 2.88. The van der Waals surface area contributed by atoms with E-state index < -0.39 is 0 Å². The standard InChI is InChI=1S/C20H20BrNO3S/c1-3-22-19(23)18(26-20(22)24)11-15-8-9-17(16(21)10-15)25-12-14-6-4-13(2)5-7-14/h4-10,18H,3,11-12H2,1-2H3/t18-/m1/s1. The minimum Gasteiger partial charge on any atom is -0.488 e. The summed E-state index contributed by atoms with van der Waals surface area (Å²) < 4.78 is 6.72. The third-order valence-electron chi connectivity index (χ3n) is 4.25. The Hall–Kier alpha value is -1.79. The summed E-state index contributed by atoms with van der Waals surface area (Å²) in [6.07, 6.45) is 0.530. The first-order chi connectivity index (χ1) is 12.5. The molecule has 2 aromatic rings. The average molecular weight is 434 g/mol. The zero-order valence-corrected chi connectivity index (χ0v) is 17.1. The van der Waals surface area contributed by atoms with E-state index in [0.29, 0.717) is 19.6 Å². The topological polar surface area (TPSA) is 46.6 Å². The fourth-order valence-corrected chi connectivity index (χ4v) is 4.40. The van der Waals surface area contributed by atoms with Crippen LogP contribution in [0.4, 0.5) is 4.79 Å². The number of carbonyl (C=O) groups excluding carboxylic acids is 2. The van der Waals surface area contributed by atoms with Crippen LogP contribution in [-0.4, -0.2) is 27.8 Å². The molecule has 1 saturated heterocycles. The van der Waals surface area contributed by atoms with E-state index in [4.69, 9.17) is 4.74 Å². The van der Waals surface area contributed by atoms with Gasteiger partial charge < -0.3 is 4.74 Å². The normalized spacial score (nSPS) is 17.0. The summed E-state index contributed by atoms with van der Waals surface area (Å²) in [5.74, 6) is 0.657. The molecule has 2 amide bonds. The zero-order chi connectivity index (χ0) is 18.7. The fourth-order valence-electron chi connectivity index (χ4n) is 2.76. The van der Waals surface area contributed by atoms with Gasteiger partial charge in [0.05, 0.1) is 9.72 Å². The Balaban J connectivity index is 1.63. The number of hydrogen-bond donors (Lipinski definition) is 0. The van der Waals surface area contributed by atoms with E-state index in [9.17, 15) is 9.59 Å². The first-order valence-corrected chi connectivity index (χ1v) is 10.1. The van der Waals surface area contributed by atoms with Crippen LogP contribution in [0.3, 0.4) is 0 Å². The van der Waals surface area contributed by atoms with Crippen molar-refractivity contribution in [2.75, 3.05) is 6.54 Å². The third-order valence-corrected chi connectivity index (χ3v) is 5.95. The number of aryl methyl sites for hydroxylation is 1. The molecule has 0 spiro atoms. The Kier molecular flexibility index (Phi) is 6.04.